The van der Waals surface area contributed by atoms with Crippen molar-refractivity contribution in [3.8, 4) is 11.1 Å². The highest BCUT2D eigenvalue weighted by Gasteiger charge is 2.30. The average molecular weight is 415 g/mol. The van der Waals surface area contributed by atoms with Crippen molar-refractivity contribution >= 4 is 16.7 Å². The Morgan fingerprint density at radius 3 is 2.55 bits per heavy atom. The van der Waals surface area contributed by atoms with Gasteiger partial charge in [-0.1, -0.05) is 36.4 Å². The monoisotopic (exact) mass is 414 g/mol. The number of benzene rings is 2. The van der Waals surface area contributed by atoms with Gasteiger partial charge in [-0.25, -0.2) is 0 Å². The van der Waals surface area contributed by atoms with Crippen LogP contribution in [0.4, 0.5) is 0 Å². The van der Waals surface area contributed by atoms with Crippen molar-refractivity contribution < 1.29 is 9.53 Å². The largest absolute Gasteiger partial charge is 0.368 e. The van der Waals surface area contributed by atoms with E-state index in [1.165, 1.54) is 27.5 Å². The number of fused-ring (bicyclic) bond motifs is 1. The third-order valence-electron chi connectivity index (χ3n) is 6.91. The van der Waals surface area contributed by atoms with Crippen LogP contribution in [0.15, 0.2) is 54.7 Å². The molecule has 160 valence electrons. The summed E-state index contributed by atoms with van der Waals surface area (Å²) in [7, 11) is 0. The van der Waals surface area contributed by atoms with E-state index in [1.807, 2.05) is 11.1 Å². The number of aromatic nitrogens is 1. The first-order valence-corrected chi connectivity index (χ1v) is 11.5. The maximum Gasteiger partial charge on any atom is 0.251 e. The minimum Gasteiger partial charge on any atom is -0.368 e. The highest BCUT2D eigenvalue weighted by molar-refractivity contribution is 5.88. The van der Waals surface area contributed by atoms with Crippen molar-refractivity contribution in [2.45, 2.75) is 45.1 Å². The third kappa shape index (κ3) is 4.35. The fraction of sp³-hybridized carbons (Fsp3) is 0.407. The van der Waals surface area contributed by atoms with Gasteiger partial charge < -0.3 is 9.64 Å². The molecule has 0 saturated carbocycles. The van der Waals surface area contributed by atoms with E-state index < -0.39 is 0 Å². The van der Waals surface area contributed by atoms with Crippen LogP contribution in [0.2, 0.25) is 0 Å². The number of aryl methyl sites for hydroxylation is 1. The fourth-order valence-electron chi connectivity index (χ4n) is 5.01. The van der Waals surface area contributed by atoms with Crippen LogP contribution in [0.3, 0.4) is 0 Å². The number of hydrogen-bond donors (Lipinski definition) is 0. The number of likely N-dealkylation sites (tertiary alicyclic amines) is 1. The first kappa shape index (κ1) is 20.2. The molecule has 1 atom stereocenters. The molecule has 0 aliphatic carbocycles. The summed E-state index contributed by atoms with van der Waals surface area (Å²) < 4.78 is 5.57. The summed E-state index contributed by atoms with van der Waals surface area (Å²) in [5, 5.41) is 2.45. The molecule has 3 aromatic rings. The number of piperidine rings is 1. The Morgan fingerprint density at radius 2 is 1.81 bits per heavy atom. The average Bonchev–Trinajstić information content (AvgIpc) is 3.35. The van der Waals surface area contributed by atoms with Gasteiger partial charge in [-0.3, -0.25) is 9.78 Å². The molecule has 2 aliphatic rings. The summed E-state index contributed by atoms with van der Waals surface area (Å²) in [6.45, 7) is 4.53. The van der Waals surface area contributed by atoms with Crippen molar-refractivity contribution in [2.24, 2.45) is 5.92 Å². The van der Waals surface area contributed by atoms with Crippen LogP contribution in [0.5, 0.6) is 0 Å². The van der Waals surface area contributed by atoms with Gasteiger partial charge in [0.15, 0.2) is 0 Å². The van der Waals surface area contributed by atoms with Crippen LogP contribution in [-0.2, 0) is 16.0 Å². The molecule has 3 heterocycles. The predicted molar refractivity (Wildman–Crippen MR) is 124 cm³/mol. The summed E-state index contributed by atoms with van der Waals surface area (Å²) >= 11 is 0. The lowest BCUT2D eigenvalue weighted by atomic mass is 9.89. The van der Waals surface area contributed by atoms with Gasteiger partial charge in [0.05, 0.1) is 0 Å². The minimum absolute atomic E-state index is 0.181. The van der Waals surface area contributed by atoms with Crippen molar-refractivity contribution in [1.82, 2.24) is 9.88 Å². The van der Waals surface area contributed by atoms with E-state index in [0.29, 0.717) is 5.92 Å². The molecular formula is C27H30N2O2. The Balaban J connectivity index is 1.20. The maximum absolute atomic E-state index is 12.5. The summed E-state index contributed by atoms with van der Waals surface area (Å²) in [6, 6.07) is 17.7. The number of rotatable bonds is 4. The number of pyridine rings is 1. The standard InChI is InChI=1S/C27H30N2O2/c1-19-25-9-8-23(18-24(25)10-13-28-19)22-6-4-20(5-7-22)17-21-11-14-29(15-12-21)27(30)26-3-2-16-31-26/h4-10,13,18,21,26H,2-3,11-12,14-17H2,1H3. The number of amides is 1. The molecule has 31 heavy (non-hydrogen) atoms. The topological polar surface area (TPSA) is 42.4 Å². The molecule has 0 N–H and O–H groups in total. The van der Waals surface area contributed by atoms with Gasteiger partial charge in [0.2, 0.25) is 0 Å². The van der Waals surface area contributed by atoms with Crippen LogP contribution < -0.4 is 0 Å². The Hall–Kier alpha value is -2.72. The number of carbonyl (C=O) groups is 1. The summed E-state index contributed by atoms with van der Waals surface area (Å²) in [4.78, 5) is 18.9. The molecule has 4 nitrogen and oxygen atoms in total. The Bertz CT molecular complexity index is 1060. The highest BCUT2D eigenvalue weighted by Crippen LogP contribution is 2.28. The van der Waals surface area contributed by atoms with Crippen LogP contribution in [-0.4, -0.2) is 41.6 Å². The highest BCUT2D eigenvalue weighted by atomic mass is 16.5. The third-order valence-corrected chi connectivity index (χ3v) is 6.91. The molecule has 2 aliphatic heterocycles. The SMILES string of the molecule is Cc1nccc2cc(-c3ccc(CC4CCN(C(=O)C5CCCO5)CC4)cc3)ccc12. The van der Waals surface area contributed by atoms with Crippen molar-refractivity contribution in [1.29, 1.82) is 0 Å². The lowest BCUT2D eigenvalue weighted by Gasteiger charge is -2.33. The molecule has 1 unspecified atom stereocenters. The van der Waals surface area contributed by atoms with Crippen molar-refractivity contribution in [3.05, 3.63) is 66.0 Å². The van der Waals surface area contributed by atoms with E-state index in [9.17, 15) is 4.79 Å². The molecule has 0 radical (unpaired) electrons. The van der Waals surface area contributed by atoms with Crippen LogP contribution in [0.1, 0.15) is 36.9 Å². The molecular weight excluding hydrogens is 384 g/mol. The van der Waals surface area contributed by atoms with Gasteiger partial charge in [0.25, 0.3) is 5.91 Å². The summed E-state index contributed by atoms with van der Waals surface area (Å²) in [5.41, 5.74) is 4.94. The lowest BCUT2D eigenvalue weighted by Crippen LogP contribution is -2.44. The first-order valence-electron chi connectivity index (χ1n) is 11.5. The fourth-order valence-corrected chi connectivity index (χ4v) is 5.01. The summed E-state index contributed by atoms with van der Waals surface area (Å²) in [5.74, 6) is 0.859. The van der Waals surface area contributed by atoms with Crippen LogP contribution in [0, 0.1) is 12.8 Å². The maximum atomic E-state index is 12.5. The van der Waals surface area contributed by atoms with Gasteiger partial charge in [-0.2, -0.15) is 0 Å². The van der Waals surface area contributed by atoms with E-state index >= 15 is 0 Å². The predicted octanol–water partition coefficient (Wildman–Crippen LogP) is 5.17. The number of ether oxygens (including phenoxy) is 1. The van der Waals surface area contributed by atoms with Gasteiger partial charge >= 0.3 is 0 Å². The lowest BCUT2D eigenvalue weighted by molar-refractivity contribution is -0.142. The molecule has 2 saturated heterocycles. The second-order valence-corrected chi connectivity index (χ2v) is 9.00. The Morgan fingerprint density at radius 1 is 1.03 bits per heavy atom. The zero-order valence-corrected chi connectivity index (χ0v) is 18.2. The van der Waals surface area contributed by atoms with E-state index in [1.54, 1.807) is 0 Å². The zero-order chi connectivity index (χ0) is 21.2. The van der Waals surface area contributed by atoms with Crippen molar-refractivity contribution in [2.75, 3.05) is 19.7 Å². The first-order chi connectivity index (χ1) is 15.2. The Labute approximate surface area is 184 Å². The molecule has 0 spiro atoms. The molecule has 1 aromatic heterocycles. The van der Waals surface area contributed by atoms with Gasteiger partial charge in [-0.15, -0.1) is 0 Å². The molecule has 5 rings (SSSR count). The van der Waals surface area contributed by atoms with E-state index in [0.717, 1.165) is 57.5 Å². The zero-order valence-electron chi connectivity index (χ0n) is 18.2. The van der Waals surface area contributed by atoms with Gasteiger partial charge in [0.1, 0.15) is 6.10 Å². The molecule has 4 heteroatoms. The number of carbonyl (C=O) groups excluding carboxylic acids is 1. The van der Waals surface area contributed by atoms with Gasteiger partial charge in [0, 0.05) is 37.0 Å². The summed E-state index contributed by atoms with van der Waals surface area (Å²) in [6.07, 6.45) is 6.85. The van der Waals surface area contributed by atoms with Gasteiger partial charge in [-0.05, 0) is 79.2 Å². The number of nitrogens with zero attached hydrogens (tertiary/aromatic N) is 2. The Kier molecular flexibility index (Phi) is 5.73. The quantitative estimate of drug-likeness (QED) is 0.591. The van der Waals surface area contributed by atoms with E-state index in [2.05, 4.69) is 60.4 Å². The smallest absolute Gasteiger partial charge is 0.251 e. The van der Waals surface area contributed by atoms with Crippen LogP contribution >= 0.6 is 0 Å². The number of hydrogen-bond acceptors (Lipinski definition) is 3. The van der Waals surface area contributed by atoms with Crippen molar-refractivity contribution in [3.63, 3.8) is 0 Å². The van der Waals surface area contributed by atoms with E-state index in [-0.39, 0.29) is 12.0 Å². The molecule has 2 aromatic carbocycles. The second kappa shape index (κ2) is 8.80. The molecule has 2 fully saturated rings. The van der Waals surface area contributed by atoms with Crippen LogP contribution in [0.25, 0.3) is 21.9 Å². The molecule has 1 amide bonds. The molecule has 0 bridgehead atoms. The minimum atomic E-state index is -0.181. The normalized spacial score (nSPS) is 19.8. The van der Waals surface area contributed by atoms with E-state index in [4.69, 9.17) is 4.74 Å². The second-order valence-electron chi connectivity index (χ2n) is 9.00.